The minimum atomic E-state index is -2.75. The molecule has 0 aromatic carbocycles. The quantitative estimate of drug-likeness (QED) is 0.647. The number of nitrogens with zero attached hydrogens (tertiary/aromatic N) is 1. The normalized spacial score (nSPS) is 33.6. The van der Waals surface area contributed by atoms with Crippen LogP contribution in [0.1, 0.15) is 25.7 Å². The summed E-state index contributed by atoms with van der Waals surface area (Å²) in [6.45, 7) is 4.25. The highest BCUT2D eigenvalue weighted by Gasteiger charge is 2.62. The molecule has 0 aromatic heterocycles. The van der Waals surface area contributed by atoms with Gasteiger partial charge in [-0.25, -0.2) is 8.78 Å². The smallest absolute Gasteiger partial charge is 0.260 e. The lowest BCUT2D eigenvalue weighted by Gasteiger charge is -2.34. The van der Waals surface area contributed by atoms with Crippen LogP contribution in [0.4, 0.5) is 8.78 Å². The minimum Gasteiger partial charge on any atom is -0.336 e. The number of hydrogen-bond acceptors (Lipinski definition) is 1. The summed E-state index contributed by atoms with van der Waals surface area (Å²) >= 11 is 0. The van der Waals surface area contributed by atoms with Crippen LogP contribution in [-0.2, 0) is 4.79 Å². The summed E-state index contributed by atoms with van der Waals surface area (Å²) in [5.74, 6) is -4.19. The van der Waals surface area contributed by atoms with Crippen LogP contribution in [0, 0.1) is 5.92 Å². The Balaban J connectivity index is 2.02. The summed E-state index contributed by atoms with van der Waals surface area (Å²) in [6.07, 6.45) is 4.23. The zero-order valence-corrected chi connectivity index (χ0v) is 8.59. The molecule has 2 atom stereocenters. The van der Waals surface area contributed by atoms with Gasteiger partial charge in [0, 0.05) is 19.0 Å². The van der Waals surface area contributed by atoms with Gasteiger partial charge in [-0.3, -0.25) is 4.79 Å². The van der Waals surface area contributed by atoms with Crippen LogP contribution in [0.15, 0.2) is 12.7 Å². The Morgan fingerprint density at radius 2 is 2.13 bits per heavy atom. The lowest BCUT2D eigenvalue weighted by molar-refractivity contribution is -0.137. The molecule has 0 aromatic rings. The van der Waals surface area contributed by atoms with Gasteiger partial charge in [0.2, 0.25) is 5.91 Å². The molecule has 2 rings (SSSR count). The molecule has 1 aliphatic carbocycles. The SMILES string of the molecule is C=CC1CCCCN1C(=O)C1CC1(F)F. The maximum Gasteiger partial charge on any atom is 0.260 e. The molecule has 1 amide bonds. The molecule has 0 N–H and O–H groups in total. The number of amides is 1. The number of halogens is 2. The van der Waals surface area contributed by atoms with Crippen molar-refractivity contribution in [3.63, 3.8) is 0 Å². The molecule has 2 nitrogen and oxygen atoms in total. The average Bonchev–Trinajstić information content (AvgIpc) is 2.86. The Bertz CT molecular complexity index is 290. The van der Waals surface area contributed by atoms with Gasteiger partial charge in [0.25, 0.3) is 5.92 Å². The molecule has 0 spiro atoms. The molecule has 4 heteroatoms. The van der Waals surface area contributed by atoms with Crippen molar-refractivity contribution in [2.45, 2.75) is 37.6 Å². The van der Waals surface area contributed by atoms with Gasteiger partial charge in [0.05, 0.1) is 0 Å². The highest BCUT2D eigenvalue weighted by Crippen LogP contribution is 2.50. The van der Waals surface area contributed by atoms with E-state index in [0.717, 1.165) is 19.3 Å². The number of likely N-dealkylation sites (tertiary alicyclic amines) is 1. The van der Waals surface area contributed by atoms with E-state index in [-0.39, 0.29) is 18.4 Å². The molecule has 2 fully saturated rings. The van der Waals surface area contributed by atoms with Crippen molar-refractivity contribution >= 4 is 5.91 Å². The topological polar surface area (TPSA) is 20.3 Å². The van der Waals surface area contributed by atoms with E-state index < -0.39 is 11.8 Å². The van der Waals surface area contributed by atoms with Crippen molar-refractivity contribution in [2.24, 2.45) is 5.92 Å². The van der Waals surface area contributed by atoms with E-state index in [1.54, 1.807) is 11.0 Å². The standard InChI is InChI=1S/C11H15F2NO/c1-2-8-5-3-4-6-14(8)10(15)9-7-11(9,12)13/h2,8-9H,1,3-7H2. The molecule has 1 saturated carbocycles. The number of rotatable bonds is 2. The fraction of sp³-hybridized carbons (Fsp3) is 0.727. The Kier molecular flexibility index (Phi) is 2.52. The first-order valence-electron chi connectivity index (χ1n) is 5.37. The van der Waals surface area contributed by atoms with Gasteiger partial charge >= 0.3 is 0 Å². The van der Waals surface area contributed by atoms with Crippen LogP contribution in [0.5, 0.6) is 0 Å². The lowest BCUT2D eigenvalue weighted by atomic mass is 10.0. The van der Waals surface area contributed by atoms with Gasteiger partial charge in [0.1, 0.15) is 5.92 Å². The van der Waals surface area contributed by atoms with Crippen molar-refractivity contribution in [3.05, 3.63) is 12.7 Å². The molecule has 1 saturated heterocycles. The van der Waals surface area contributed by atoms with Gasteiger partial charge in [-0.2, -0.15) is 0 Å². The first kappa shape index (κ1) is 10.6. The molecule has 2 aliphatic rings. The zero-order valence-electron chi connectivity index (χ0n) is 8.59. The lowest BCUT2D eigenvalue weighted by Crippen LogP contribution is -2.44. The van der Waals surface area contributed by atoms with Gasteiger partial charge < -0.3 is 4.90 Å². The first-order valence-corrected chi connectivity index (χ1v) is 5.37. The largest absolute Gasteiger partial charge is 0.336 e. The second-order valence-corrected chi connectivity index (χ2v) is 4.35. The highest BCUT2D eigenvalue weighted by molar-refractivity contribution is 5.83. The molecule has 2 unspecified atom stereocenters. The van der Waals surface area contributed by atoms with E-state index in [0.29, 0.717) is 6.54 Å². The van der Waals surface area contributed by atoms with Crippen molar-refractivity contribution in [3.8, 4) is 0 Å². The molecule has 1 heterocycles. The molecular weight excluding hydrogens is 200 g/mol. The molecule has 1 aliphatic heterocycles. The fourth-order valence-corrected chi connectivity index (χ4v) is 2.16. The summed E-state index contributed by atoms with van der Waals surface area (Å²) in [5.41, 5.74) is 0. The van der Waals surface area contributed by atoms with E-state index in [1.807, 2.05) is 0 Å². The number of carbonyl (C=O) groups excluding carboxylic acids is 1. The average molecular weight is 215 g/mol. The summed E-state index contributed by atoms with van der Waals surface area (Å²) in [7, 11) is 0. The molecule has 84 valence electrons. The summed E-state index contributed by atoms with van der Waals surface area (Å²) in [6, 6.07) is -0.0392. The minimum absolute atomic E-state index is 0.0392. The van der Waals surface area contributed by atoms with Crippen LogP contribution in [0.2, 0.25) is 0 Å². The monoisotopic (exact) mass is 215 g/mol. The third-order valence-corrected chi connectivity index (χ3v) is 3.23. The number of piperidine rings is 1. The predicted octanol–water partition coefficient (Wildman–Crippen LogP) is 2.21. The molecule has 0 bridgehead atoms. The summed E-state index contributed by atoms with van der Waals surface area (Å²) in [5, 5.41) is 0. The second-order valence-electron chi connectivity index (χ2n) is 4.35. The number of alkyl halides is 2. The Morgan fingerprint density at radius 3 is 2.67 bits per heavy atom. The van der Waals surface area contributed by atoms with E-state index >= 15 is 0 Å². The van der Waals surface area contributed by atoms with E-state index in [9.17, 15) is 13.6 Å². The molecular formula is C11H15F2NO. The van der Waals surface area contributed by atoms with Crippen molar-refractivity contribution in [2.75, 3.05) is 6.54 Å². The maximum absolute atomic E-state index is 12.8. The second kappa shape index (κ2) is 3.58. The van der Waals surface area contributed by atoms with Crippen LogP contribution in [0.3, 0.4) is 0 Å². The third kappa shape index (κ3) is 1.90. The van der Waals surface area contributed by atoms with E-state index in [2.05, 4.69) is 6.58 Å². The Morgan fingerprint density at radius 1 is 1.47 bits per heavy atom. The van der Waals surface area contributed by atoms with Gasteiger partial charge in [-0.05, 0) is 19.3 Å². The van der Waals surface area contributed by atoms with Gasteiger partial charge in [-0.15, -0.1) is 6.58 Å². The van der Waals surface area contributed by atoms with Gasteiger partial charge in [-0.1, -0.05) is 6.08 Å². The number of hydrogen-bond donors (Lipinski definition) is 0. The first-order chi connectivity index (χ1) is 7.06. The Hall–Kier alpha value is -0.930. The molecule has 15 heavy (non-hydrogen) atoms. The predicted molar refractivity (Wildman–Crippen MR) is 52.6 cm³/mol. The third-order valence-electron chi connectivity index (χ3n) is 3.23. The number of carbonyl (C=O) groups is 1. The molecule has 0 radical (unpaired) electrons. The van der Waals surface area contributed by atoms with Crippen LogP contribution in [0.25, 0.3) is 0 Å². The Labute approximate surface area is 87.9 Å². The van der Waals surface area contributed by atoms with Crippen LogP contribution in [-0.4, -0.2) is 29.3 Å². The van der Waals surface area contributed by atoms with Crippen molar-refractivity contribution in [1.29, 1.82) is 0 Å². The van der Waals surface area contributed by atoms with Crippen LogP contribution < -0.4 is 0 Å². The van der Waals surface area contributed by atoms with E-state index in [1.165, 1.54) is 0 Å². The zero-order chi connectivity index (χ0) is 11.1. The fourth-order valence-electron chi connectivity index (χ4n) is 2.16. The maximum atomic E-state index is 12.8. The van der Waals surface area contributed by atoms with Crippen molar-refractivity contribution in [1.82, 2.24) is 4.90 Å². The van der Waals surface area contributed by atoms with E-state index in [4.69, 9.17) is 0 Å². The highest BCUT2D eigenvalue weighted by atomic mass is 19.3. The van der Waals surface area contributed by atoms with Gasteiger partial charge in [0.15, 0.2) is 0 Å². The van der Waals surface area contributed by atoms with Crippen LogP contribution >= 0.6 is 0 Å². The summed E-state index contributed by atoms with van der Waals surface area (Å²) < 4.78 is 25.5. The van der Waals surface area contributed by atoms with Crippen molar-refractivity contribution < 1.29 is 13.6 Å². The summed E-state index contributed by atoms with van der Waals surface area (Å²) in [4.78, 5) is 13.3.